The number of anilines is 1. The summed E-state index contributed by atoms with van der Waals surface area (Å²) in [7, 11) is 0. The minimum Gasteiger partial charge on any atom is -0.378 e. The van der Waals surface area contributed by atoms with E-state index in [9.17, 15) is 9.18 Å². The van der Waals surface area contributed by atoms with Crippen molar-refractivity contribution in [3.05, 3.63) is 58.2 Å². The second-order valence-electron chi connectivity index (χ2n) is 7.19. The second-order valence-corrected chi connectivity index (χ2v) is 7.19. The maximum atomic E-state index is 14.3. The number of halogens is 1. The van der Waals surface area contributed by atoms with Crippen LogP contribution in [0, 0.1) is 5.82 Å². The molecule has 3 heterocycles. The molecule has 1 aliphatic heterocycles. The smallest absolute Gasteiger partial charge is 0.170 e. The molecule has 3 aromatic rings. The average Bonchev–Trinajstić information content (AvgIpc) is 3.11. The van der Waals surface area contributed by atoms with E-state index >= 15 is 0 Å². The van der Waals surface area contributed by atoms with Gasteiger partial charge in [-0.05, 0) is 36.1 Å². The molecule has 0 bridgehead atoms. The van der Waals surface area contributed by atoms with E-state index in [1.807, 2.05) is 19.1 Å². The van der Waals surface area contributed by atoms with Crippen LogP contribution in [0.25, 0.3) is 5.65 Å². The minimum absolute atomic E-state index is 0.220. The topological polar surface area (TPSA) is 59.7 Å². The molecule has 0 spiro atoms. The quantitative estimate of drug-likeness (QED) is 0.599. The van der Waals surface area contributed by atoms with Gasteiger partial charge in [0.1, 0.15) is 17.3 Å². The summed E-state index contributed by atoms with van der Waals surface area (Å²) in [6.07, 6.45) is 2.53. The van der Waals surface area contributed by atoms with Crippen molar-refractivity contribution in [2.45, 2.75) is 33.1 Å². The Morgan fingerprint density at radius 3 is 2.66 bits per heavy atom. The highest BCUT2D eigenvalue weighted by molar-refractivity contribution is 5.77. The lowest BCUT2D eigenvalue weighted by atomic mass is 10.00. The number of nitrogens with zero attached hydrogens (tertiary/aromatic N) is 4. The third-order valence-electron chi connectivity index (χ3n) is 5.53. The van der Waals surface area contributed by atoms with E-state index < -0.39 is 0 Å². The van der Waals surface area contributed by atoms with E-state index in [1.165, 1.54) is 6.07 Å². The summed E-state index contributed by atoms with van der Waals surface area (Å²) in [6.45, 7) is 6.88. The fourth-order valence-corrected chi connectivity index (χ4v) is 3.94. The molecular weight excluding hydrogens is 371 g/mol. The van der Waals surface area contributed by atoms with Crippen molar-refractivity contribution in [2.75, 3.05) is 31.2 Å². The van der Waals surface area contributed by atoms with E-state index in [4.69, 9.17) is 9.84 Å². The fraction of sp³-hybridized carbons (Fsp3) is 0.409. The highest BCUT2D eigenvalue weighted by Gasteiger charge is 2.21. The zero-order chi connectivity index (χ0) is 20.4. The molecule has 1 aliphatic rings. The van der Waals surface area contributed by atoms with Crippen molar-refractivity contribution in [3.8, 4) is 0 Å². The number of carbonyl (C=O) groups excluding carboxylic acids is 1. The largest absolute Gasteiger partial charge is 0.378 e. The fourth-order valence-electron chi connectivity index (χ4n) is 3.94. The Balaban J connectivity index is 1.86. The first-order chi connectivity index (χ1) is 14.2. The average molecular weight is 396 g/mol. The molecule has 1 aromatic carbocycles. The van der Waals surface area contributed by atoms with Crippen LogP contribution in [0.4, 0.5) is 10.2 Å². The number of aryl methyl sites for hydroxylation is 1. The summed E-state index contributed by atoms with van der Waals surface area (Å²) in [5.74, 6) is 0.631. The molecule has 0 amide bonds. The monoisotopic (exact) mass is 396 g/mol. The molecule has 152 valence electrons. The van der Waals surface area contributed by atoms with Crippen LogP contribution in [0.2, 0.25) is 0 Å². The molecule has 0 aliphatic carbocycles. The molecule has 6 nitrogen and oxygen atoms in total. The number of morpholine rings is 1. The number of aromatic nitrogens is 3. The number of hydrogen-bond donors (Lipinski definition) is 0. The zero-order valence-corrected chi connectivity index (χ0v) is 16.8. The van der Waals surface area contributed by atoms with Gasteiger partial charge in [-0.2, -0.15) is 0 Å². The van der Waals surface area contributed by atoms with Gasteiger partial charge in [-0.3, -0.25) is 4.79 Å². The molecule has 4 rings (SSSR count). The van der Waals surface area contributed by atoms with Crippen molar-refractivity contribution in [3.63, 3.8) is 0 Å². The molecular formula is C22H25FN4O2. The lowest BCUT2D eigenvalue weighted by molar-refractivity contribution is 0.111. The third kappa shape index (κ3) is 3.62. The van der Waals surface area contributed by atoms with Crippen LogP contribution in [-0.2, 0) is 24.0 Å². The van der Waals surface area contributed by atoms with Crippen LogP contribution in [0.5, 0.6) is 0 Å². The van der Waals surface area contributed by atoms with Crippen molar-refractivity contribution >= 4 is 17.8 Å². The Morgan fingerprint density at radius 1 is 1.17 bits per heavy atom. The first-order valence-electron chi connectivity index (χ1n) is 10.1. The molecule has 0 saturated carbocycles. The Hall–Kier alpha value is -2.80. The standard InChI is InChI=1S/C22H25FN4O2/c1-3-15-13-21(26-8-10-29-11-9-26)25-27-20(19(14-28)24-22(15)27)12-16-6-5-7-18(23)17(16)4-2/h5-7,13-14H,3-4,8-12H2,1-2H3. The number of hydrogen-bond acceptors (Lipinski definition) is 5. The number of imidazole rings is 1. The molecule has 0 unspecified atom stereocenters. The van der Waals surface area contributed by atoms with Crippen molar-refractivity contribution < 1.29 is 13.9 Å². The third-order valence-corrected chi connectivity index (χ3v) is 5.53. The maximum absolute atomic E-state index is 14.3. The summed E-state index contributed by atoms with van der Waals surface area (Å²) >= 11 is 0. The van der Waals surface area contributed by atoms with Crippen LogP contribution >= 0.6 is 0 Å². The lowest BCUT2D eigenvalue weighted by Gasteiger charge is -2.28. The highest BCUT2D eigenvalue weighted by Crippen LogP contribution is 2.25. The van der Waals surface area contributed by atoms with E-state index in [0.29, 0.717) is 48.7 Å². The number of benzene rings is 1. The Bertz CT molecular complexity index is 1040. The first-order valence-corrected chi connectivity index (χ1v) is 10.1. The van der Waals surface area contributed by atoms with Crippen molar-refractivity contribution in [1.29, 1.82) is 0 Å². The van der Waals surface area contributed by atoms with E-state index in [1.54, 1.807) is 10.6 Å². The maximum Gasteiger partial charge on any atom is 0.170 e. The molecule has 0 radical (unpaired) electrons. The Kier molecular flexibility index (Phi) is 5.58. The number of carbonyl (C=O) groups is 1. The van der Waals surface area contributed by atoms with E-state index in [-0.39, 0.29) is 5.82 Å². The summed E-state index contributed by atoms with van der Waals surface area (Å²) in [5, 5.41) is 4.82. The molecule has 0 N–H and O–H groups in total. The van der Waals surface area contributed by atoms with Gasteiger partial charge in [0, 0.05) is 25.1 Å². The van der Waals surface area contributed by atoms with Crippen molar-refractivity contribution in [1.82, 2.24) is 14.6 Å². The summed E-state index contributed by atoms with van der Waals surface area (Å²) in [5.41, 5.74) is 4.30. The van der Waals surface area contributed by atoms with Crippen LogP contribution in [0.3, 0.4) is 0 Å². The van der Waals surface area contributed by atoms with Crippen molar-refractivity contribution in [2.24, 2.45) is 0 Å². The van der Waals surface area contributed by atoms with Gasteiger partial charge < -0.3 is 9.64 Å². The Labute approximate surface area is 169 Å². The van der Waals surface area contributed by atoms with Gasteiger partial charge in [0.25, 0.3) is 0 Å². The van der Waals surface area contributed by atoms with Gasteiger partial charge in [0.05, 0.1) is 18.9 Å². The number of ether oxygens (including phenoxy) is 1. The number of rotatable bonds is 6. The van der Waals surface area contributed by atoms with Gasteiger partial charge in [-0.1, -0.05) is 26.0 Å². The number of aldehydes is 1. The van der Waals surface area contributed by atoms with Gasteiger partial charge in [0.2, 0.25) is 0 Å². The summed E-state index contributed by atoms with van der Waals surface area (Å²) < 4.78 is 21.5. The van der Waals surface area contributed by atoms with Gasteiger partial charge in [0.15, 0.2) is 11.9 Å². The summed E-state index contributed by atoms with van der Waals surface area (Å²) in [6, 6.07) is 7.13. The van der Waals surface area contributed by atoms with Gasteiger partial charge in [-0.15, -0.1) is 5.10 Å². The van der Waals surface area contributed by atoms with Gasteiger partial charge in [-0.25, -0.2) is 13.9 Å². The molecule has 0 atom stereocenters. The Morgan fingerprint density at radius 2 is 1.97 bits per heavy atom. The zero-order valence-electron chi connectivity index (χ0n) is 16.8. The second kappa shape index (κ2) is 8.29. The van der Waals surface area contributed by atoms with E-state index in [2.05, 4.69) is 16.8 Å². The predicted octanol–water partition coefficient (Wildman–Crippen LogP) is 3.23. The van der Waals surface area contributed by atoms with Crippen LogP contribution in [0.15, 0.2) is 24.3 Å². The molecule has 7 heteroatoms. The lowest BCUT2D eigenvalue weighted by Crippen LogP contribution is -2.37. The molecule has 29 heavy (non-hydrogen) atoms. The summed E-state index contributed by atoms with van der Waals surface area (Å²) in [4.78, 5) is 18.5. The van der Waals surface area contributed by atoms with Crippen LogP contribution in [0.1, 0.15) is 46.7 Å². The SMILES string of the molecule is CCc1c(F)cccc1Cc1c(C=O)nc2c(CC)cc(N3CCOCC3)nn12. The predicted molar refractivity (Wildman–Crippen MR) is 109 cm³/mol. The highest BCUT2D eigenvalue weighted by atomic mass is 19.1. The molecule has 2 aromatic heterocycles. The van der Waals surface area contributed by atoms with Gasteiger partial charge >= 0.3 is 0 Å². The normalized spacial score (nSPS) is 14.5. The molecule has 1 fully saturated rings. The molecule has 1 saturated heterocycles. The van der Waals surface area contributed by atoms with Crippen LogP contribution < -0.4 is 4.90 Å². The minimum atomic E-state index is -0.220. The number of fused-ring (bicyclic) bond motifs is 1. The van der Waals surface area contributed by atoms with Crippen LogP contribution in [-0.4, -0.2) is 47.2 Å². The van der Waals surface area contributed by atoms with E-state index in [0.717, 1.165) is 42.7 Å². The first kappa shape index (κ1) is 19.5.